The molecule has 2 atom stereocenters. The van der Waals surface area contributed by atoms with Crippen LogP contribution in [0.4, 0.5) is 0 Å². The van der Waals surface area contributed by atoms with Gasteiger partial charge in [-0.25, -0.2) is 0 Å². The maximum atomic E-state index is 12.0. The van der Waals surface area contributed by atoms with E-state index >= 15 is 0 Å². The van der Waals surface area contributed by atoms with Crippen LogP contribution in [0.5, 0.6) is 0 Å². The molecule has 2 heteroatoms. The molecule has 84 valence electrons. The van der Waals surface area contributed by atoms with Gasteiger partial charge in [0, 0.05) is 5.92 Å². The summed E-state index contributed by atoms with van der Waals surface area (Å²) in [5.41, 5.74) is 1.22. The van der Waals surface area contributed by atoms with Crippen molar-refractivity contribution < 1.29 is 4.55 Å². The fourth-order valence-electron chi connectivity index (χ4n) is 1.22. The second kappa shape index (κ2) is 5.57. The van der Waals surface area contributed by atoms with Crippen molar-refractivity contribution in [2.45, 2.75) is 32.6 Å². The minimum absolute atomic E-state index is 0.507. The van der Waals surface area contributed by atoms with Crippen molar-refractivity contribution in [3.63, 3.8) is 0 Å². The lowest BCUT2D eigenvalue weighted by molar-refractivity contribution is 0.452. The molecule has 1 aromatic rings. The fraction of sp³-hybridized carbons (Fsp3) is 0.538. The molecule has 1 nitrogen and oxygen atoms in total. The van der Waals surface area contributed by atoms with Gasteiger partial charge in [-0.1, -0.05) is 38.5 Å². The molecule has 1 aromatic carbocycles. The van der Waals surface area contributed by atoms with Crippen LogP contribution in [-0.2, 0) is 11.2 Å². The Balaban J connectivity index is 2.61. The van der Waals surface area contributed by atoms with E-state index in [4.69, 9.17) is 0 Å². The second-order valence-corrected chi connectivity index (χ2v) is 6.04. The van der Waals surface area contributed by atoms with Crippen LogP contribution in [0.15, 0.2) is 29.2 Å². The normalized spacial score (nSPS) is 15.3. The molecular weight excluding hydrogens is 204 g/mol. The third kappa shape index (κ3) is 3.88. The Morgan fingerprint density at radius 3 is 2.13 bits per heavy atom. The molecule has 0 fully saturated rings. The van der Waals surface area contributed by atoms with Gasteiger partial charge in [0.05, 0.1) is 0 Å². The van der Waals surface area contributed by atoms with Crippen molar-refractivity contribution in [3.05, 3.63) is 29.8 Å². The summed E-state index contributed by atoms with van der Waals surface area (Å²) >= 11 is -0.842. The molecule has 0 aliphatic carbocycles. The number of hydrogen-bond acceptors (Lipinski definition) is 1. The first-order valence-corrected chi connectivity index (χ1v) is 6.77. The molecule has 0 radical (unpaired) electrons. The average Bonchev–Trinajstić information content (AvgIpc) is 2.18. The Hall–Kier alpha value is -0.470. The van der Waals surface area contributed by atoms with Gasteiger partial charge in [-0.3, -0.25) is 0 Å². The summed E-state index contributed by atoms with van der Waals surface area (Å²) in [5, 5.41) is 0. The standard InChI is InChI=1S/C13H20OS/c1-10(2)12(4)9-15(14)13-7-5-11(3)6-8-13/h5-8,10,12H,9H2,1-4H3/t12-,15?/m1/s1. The minimum atomic E-state index is -0.842. The van der Waals surface area contributed by atoms with E-state index in [1.807, 2.05) is 31.2 Å². The summed E-state index contributed by atoms with van der Waals surface area (Å²) in [6.07, 6.45) is 0. The summed E-state index contributed by atoms with van der Waals surface area (Å²) in [6, 6.07) is 7.98. The van der Waals surface area contributed by atoms with E-state index in [2.05, 4.69) is 20.8 Å². The van der Waals surface area contributed by atoms with Gasteiger partial charge in [0.2, 0.25) is 0 Å². The van der Waals surface area contributed by atoms with Crippen molar-refractivity contribution in [3.8, 4) is 0 Å². The smallest absolute Gasteiger partial charge is 0.152 e. The maximum Gasteiger partial charge on any atom is 0.152 e. The van der Waals surface area contributed by atoms with Gasteiger partial charge in [-0.2, -0.15) is 0 Å². The highest BCUT2D eigenvalue weighted by molar-refractivity contribution is 7.91. The molecule has 1 unspecified atom stereocenters. The molecule has 0 aromatic heterocycles. The van der Waals surface area contributed by atoms with Crippen LogP contribution in [0.2, 0.25) is 0 Å². The molecular formula is C13H20OS. The number of aryl methyl sites for hydroxylation is 1. The Bertz CT molecular complexity index is 292. The second-order valence-electron chi connectivity index (χ2n) is 4.55. The van der Waals surface area contributed by atoms with Gasteiger partial charge in [0.25, 0.3) is 0 Å². The lowest BCUT2D eigenvalue weighted by Crippen LogP contribution is -2.18. The highest BCUT2D eigenvalue weighted by Gasteiger charge is 2.17. The van der Waals surface area contributed by atoms with Gasteiger partial charge >= 0.3 is 0 Å². The Morgan fingerprint density at radius 1 is 1.13 bits per heavy atom. The van der Waals surface area contributed by atoms with E-state index in [0.29, 0.717) is 11.8 Å². The molecule has 0 aliphatic rings. The molecule has 0 N–H and O–H groups in total. The fourth-order valence-corrected chi connectivity index (χ4v) is 2.71. The van der Waals surface area contributed by atoms with E-state index in [-0.39, 0.29) is 0 Å². The Morgan fingerprint density at radius 2 is 1.67 bits per heavy atom. The molecule has 0 saturated carbocycles. The van der Waals surface area contributed by atoms with E-state index in [0.717, 1.165) is 10.6 Å². The summed E-state index contributed by atoms with van der Waals surface area (Å²) in [5.74, 6) is 1.87. The predicted octanol–water partition coefficient (Wildman–Crippen LogP) is 3.39. The van der Waals surface area contributed by atoms with E-state index in [1.165, 1.54) is 5.56 Å². The predicted molar refractivity (Wildman–Crippen MR) is 66.5 cm³/mol. The number of benzene rings is 1. The Labute approximate surface area is 96.1 Å². The molecule has 0 aliphatic heterocycles. The van der Waals surface area contributed by atoms with Crippen LogP contribution in [0.1, 0.15) is 26.3 Å². The lowest BCUT2D eigenvalue weighted by atomic mass is 10.0. The van der Waals surface area contributed by atoms with Gasteiger partial charge in [-0.15, -0.1) is 0 Å². The highest BCUT2D eigenvalue weighted by atomic mass is 32.2. The zero-order valence-electron chi connectivity index (χ0n) is 9.99. The molecule has 0 spiro atoms. The zero-order chi connectivity index (χ0) is 11.4. The number of hydrogen-bond donors (Lipinski definition) is 0. The van der Waals surface area contributed by atoms with E-state index < -0.39 is 11.2 Å². The lowest BCUT2D eigenvalue weighted by Gasteiger charge is -2.18. The van der Waals surface area contributed by atoms with Crippen LogP contribution in [0.3, 0.4) is 0 Å². The topological polar surface area (TPSA) is 23.1 Å². The molecule has 0 saturated heterocycles. The summed E-state index contributed by atoms with van der Waals surface area (Å²) in [7, 11) is 0. The summed E-state index contributed by atoms with van der Waals surface area (Å²) < 4.78 is 12.0. The molecule has 0 heterocycles. The number of rotatable bonds is 4. The molecule has 0 bridgehead atoms. The quantitative estimate of drug-likeness (QED) is 0.719. The summed E-state index contributed by atoms with van der Waals surface area (Å²) in [6.45, 7) is 8.56. The highest BCUT2D eigenvalue weighted by Crippen LogP contribution is 2.18. The first-order chi connectivity index (χ1) is 7.00. The van der Waals surface area contributed by atoms with E-state index in [1.54, 1.807) is 0 Å². The van der Waals surface area contributed by atoms with Gasteiger partial charge in [-0.05, 0) is 36.2 Å². The first-order valence-electron chi connectivity index (χ1n) is 5.45. The third-order valence-corrected chi connectivity index (χ3v) is 4.46. The SMILES string of the molecule is Cc1ccc([S+]([O-])C[C@@H](C)C(C)C)cc1. The average molecular weight is 224 g/mol. The third-order valence-electron chi connectivity index (χ3n) is 2.84. The minimum Gasteiger partial charge on any atom is -0.611 e. The van der Waals surface area contributed by atoms with Gasteiger partial charge in [0.1, 0.15) is 5.75 Å². The zero-order valence-corrected chi connectivity index (χ0v) is 10.8. The van der Waals surface area contributed by atoms with Crippen molar-refractivity contribution in [2.75, 3.05) is 5.75 Å². The van der Waals surface area contributed by atoms with Gasteiger partial charge < -0.3 is 4.55 Å². The maximum absolute atomic E-state index is 12.0. The molecule has 15 heavy (non-hydrogen) atoms. The van der Waals surface area contributed by atoms with Crippen molar-refractivity contribution in [1.82, 2.24) is 0 Å². The largest absolute Gasteiger partial charge is 0.611 e. The van der Waals surface area contributed by atoms with E-state index in [9.17, 15) is 4.55 Å². The monoisotopic (exact) mass is 224 g/mol. The van der Waals surface area contributed by atoms with Crippen LogP contribution in [0.25, 0.3) is 0 Å². The summed E-state index contributed by atoms with van der Waals surface area (Å²) in [4.78, 5) is 0.952. The molecule has 1 rings (SSSR count). The first kappa shape index (κ1) is 12.6. The van der Waals surface area contributed by atoms with Crippen LogP contribution >= 0.6 is 0 Å². The van der Waals surface area contributed by atoms with Crippen LogP contribution in [0, 0.1) is 18.8 Å². The van der Waals surface area contributed by atoms with Crippen molar-refractivity contribution in [2.24, 2.45) is 11.8 Å². The molecule has 0 amide bonds. The van der Waals surface area contributed by atoms with Crippen LogP contribution < -0.4 is 0 Å². The van der Waals surface area contributed by atoms with Crippen LogP contribution in [-0.4, -0.2) is 10.3 Å². The van der Waals surface area contributed by atoms with Crippen molar-refractivity contribution in [1.29, 1.82) is 0 Å². The van der Waals surface area contributed by atoms with Crippen molar-refractivity contribution >= 4 is 11.2 Å². The van der Waals surface area contributed by atoms with Gasteiger partial charge in [0.15, 0.2) is 4.90 Å². The Kier molecular flexibility index (Phi) is 4.68.